The molecule has 0 aliphatic rings. The molecule has 3 heteroatoms. The number of hydrogen-bond acceptors (Lipinski definition) is 3. The van der Waals surface area contributed by atoms with Crippen LogP contribution in [0.4, 0.5) is 5.69 Å². The van der Waals surface area contributed by atoms with Gasteiger partial charge in [-0.05, 0) is 39.8 Å². The standard InChI is InChI=1S/C14H23NO2/c1-11-5-7-12(8-6-11)15-9-13(16)10-17-14(2,3)4/h5-8,13,15-16H,9-10H2,1-4H3. The van der Waals surface area contributed by atoms with Crippen LogP contribution >= 0.6 is 0 Å². The number of benzene rings is 1. The Morgan fingerprint density at radius 3 is 2.35 bits per heavy atom. The van der Waals surface area contributed by atoms with E-state index in [2.05, 4.69) is 12.2 Å². The van der Waals surface area contributed by atoms with Crippen LogP contribution < -0.4 is 5.32 Å². The van der Waals surface area contributed by atoms with E-state index >= 15 is 0 Å². The minimum Gasteiger partial charge on any atom is -0.389 e. The summed E-state index contributed by atoms with van der Waals surface area (Å²) >= 11 is 0. The predicted octanol–water partition coefficient (Wildman–Crippen LogP) is 2.58. The second-order valence-corrected chi connectivity index (χ2v) is 5.32. The second-order valence-electron chi connectivity index (χ2n) is 5.32. The molecule has 1 aromatic carbocycles. The smallest absolute Gasteiger partial charge is 0.0945 e. The molecule has 0 aromatic heterocycles. The van der Waals surface area contributed by atoms with Crippen molar-refractivity contribution in [1.82, 2.24) is 0 Å². The fourth-order valence-corrected chi connectivity index (χ4v) is 1.31. The van der Waals surface area contributed by atoms with Crippen LogP contribution in [0.2, 0.25) is 0 Å². The van der Waals surface area contributed by atoms with E-state index in [0.29, 0.717) is 13.2 Å². The van der Waals surface area contributed by atoms with Gasteiger partial charge in [-0.3, -0.25) is 0 Å². The van der Waals surface area contributed by atoms with Crippen molar-refractivity contribution >= 4 is 5.69 Å². The van der Waals surface area contributed by atoms with Crippen LogP contribution in [0.25, 0.3) is 0 Å². The third kappa shape index (κ3) is 6.29. The van der Waals surface area contributed by atoms with Gasteiger partial charge in [0.2, 0.25) is 0 Å². The molecule has 96 valence electrons. The summed E-state index contributed by atoms with van der Waals surface area (Å²) in [5.74, 6) is 0. The zero-order chi connectivity index (χ0) is 12.9. The maximum absolute atomic E-state index is 9.74. The van der Waals surface area contributed by atoms with Crippen molar-refractivity contribution < 1.29 is 9.84 Å². The summed E-state index contributed by atoms with van der Waals surface area (Å²) in [6, 6.07) is 8.10. The third-order valence-electron chi connectivity index (χ3n) is 2.30. The molecular weight excluding hydrogens is 214 g/mol. The lowest BCUT2D eigenvalue weighted by Crippen LogP contribution is -2.30. The van der Waals surface area contributed by atoms with Gasteiger partial charge in [-0.25, -0.2) is 0 Å². The first-order valence-corrected chi connectivity index (χ1v) is 5.99. The van der Waals surface area contributed by atoms with Crippen LogP contribution in [0.15, 0.2) is 24.3 Å². The molecule has 0 aliphatic carbocycles. The molecule has 1 atom stereocenters. The van der Waals surface area contributed by atoms with Gasteiger partial charge in [0.1, 0.15) is 0 Å². The third-order valence-corrected chi connectivity index (χ3v) is 2.30. The molecule has 1 unspecified atom stereocenters. The first kappa shape index (κ1) is 14.0. The first-order chi connectivity index (χ1) is 7.87. The van der Waals surface area contributed by atoms with Crippen LogP contribution in [-0.2, 0) is 4.74 Å². The number of anilines is 1. The van der Waals surface area contributed by atoms with Crippen LogP contribution in [-0.4, -0.2) is 30.0 Å². The van der Waals surface area contributed by atoms with Crippen molar-refractivity contribution in [2.45, 2.75) is 39.4 Å². The van der Waals surface area contributed by atoms with Crippen LogP contribution in [0, 0.1) is 6.92 Å². The molecule has 0 heterocycles. The summed E-state index contributed by atoms with van der Waals surface area (Å²) in [6.45, 7) is 8.84. The van der Waals surface area contributed by atoms with Crippen LogP contribution in [0.5, 0.6) is 0 Å². The van der Waals surface area contributed by atoms with E-state index in [1.807, 2.05) is 45.0 Å². The number of nitrogens with one attached hydrogen (secondary N) is 1. The Morgan fingerprint density at radius 1 is 1.24 bits per heavy atom. The van der Waals surface area contributed by atoms with Crippen molar-refractivity contribution in [2.75, 3.05) is 18.5 Å². The molecule has 0 saturated carbocycles. The van der Waals surface area contributed by atoms with Crippen LogP contribution in [0.1, 0.15) is 26.3 Å². The Balaban J connectivity index is 2.28. The van der Waals surface area contributed by atoms with Gasteiger partial charge >= 0.3 is 0 Å². The van der Waals surface area contributed by atoms with Gasteiger partial charge in [0.05, 0.1) is 18.3 Å². The largest absolute Gasteiger partial charge is 0.389 e. The monoisotopic (exact) mass is 237 g/mol. The Bertz CT molecular complexity index is 327. The molecule has 0 aliphatic heterocycles. The molecule has 3 nitrogen and oxygen atoms in total. The van der Waals surface area contributed by atoms with Gasteiger partial charge in [-0.15, -0.1) is 0 Å². The molecule has 0 bridgehead atoms. The van der Waals surface area contributed by atoms with E-state index in [0.717, 1.165) is 5.69 Å². The SMILES string of the molecule is Cc1ccc(NCC(O)COC(C)(C)C)cc1. The second kappa shape index (κ2) is 6.03. The van der Waals surface area contributed by atoms with Crippen molar-refractivity contribution in [3.63, 3.8) is 0 Å². The minimum atomic E-state index is -0.490. The normalized spacial score (nSPS) is 13.5. The van der Waals surface area contributed by atoms with E-state index in [4.69, 9.17) is 4.74 Å². The molecule has 0 saturated heterocycles. The van der Waals surface area contributed by atoms with E-state index in [1.54, 1.807) is 0 Å². The highest BCUT2D eigenvalue weighted by Gasteiger charge is 2.13. The highest BCUT2D eigenvalue weighted by Crippen LogP contribution is 2.10. The Kier molecular flexibility index (Phi) is 4.97. The van der Waals surface area contributed by atoms with Gasteiger partial charge in [-0.1, -0.05) is 17.7 Å². The first-order valence-electron chi connectivity index (χ1n) is 5.99. The number of aliphatic hydroxyl groups excluding tert-OH is 1. The summed E-state index contributed by atoms with van der Waals surface area (Å²) in [6.07, 6.45) is -0.490. The predicted molar refractivity (Wildman–Crippen MR) is 71.4 cm³/mol. The van der Waals surface area contributed by atoms with Crippen molar-refractivity contribution in [1.29, 1.82) is 0 Å². The Morgan fingerprint density at radius 2 is 1.82 bits per heavy atom. The molecule has 0 fully saturated rings. The van der Waals surface area contributed by atoms with Crippen molar-refractivity contribution in [2.24, 2.45) is 0 Å². The van der Waals surface area contributed by atoms with Gasteiger partial charge < -0.3 is 15.2 Å². The fourth-order valence-electron chi connectivity index (χ4n) is 1.31. The molecular formula is C14H23NO2. The summed E-state index contributed by atoms with van der Waals surface area (Å²) in [7, 11) is 0. The van der Waals surface area contributed by atoms with Gasteiger partial charge in [-0.2, -0.15) is 0 Å². The number of ether oxygens (including phenoxy) is 1. The number of rotatable bonds is 5. The lowest BCUT2D eigenvalue weighted by atomic mass is 10.2. The van der Waals surface area contributed by atoms with Gasteiger partial charge in [0.25, 0.3) is 0 Å². The molecule has 0 spiro atoms. The number of aliphatic hydroxyl groups is 1. The fraction of sp³-hybridized carbons (Fsp3) is 0.571. The molecule has 1 aromatic rings. The van der Waals surface area contributed by atoms with Crippen molar-refractivity contribution in [3.05, 3.63) is 29.8 Å². The zero-order valence-corrected chi connectivity index (χ0v) is 11.2. The van der Waals surface area contributed by atoms with Crippen LogP contribution in [0.3, 0.4) is 0 Å². The van der Waals surface area contributed by atoms with E-state index in [1.165, 1.54) is 5.56 Å². The Labute approximate surface area is 104 Å². The summed E-state index contributed by atoms with van der Waals surface area (Å²) < 4.78 is 5.51. The topological polar surface area (TPSA) is 41.5 Å². The number of hydrogen-bond donors (Lipinski definition) is 2. The quantitative estimate of drug-likeness (QED) is 0.827. The molecule has 0 amide bonds. The van der Waals surface area contributed by atoms with E-state index < -0.39 is 6.10 Å². The van der Waals surface area contributed by atoms with Crippen molar-refractivity contribution in [3.8, 4) is 0 Å². The molecule has 0 radical (unpaired) electrons. The van der Waals surface area contributed by atoms with Gasteiger partial charge in [0.15, 0.2) is 0 Å². The highest BCUT2D eigenvalue weighted by atomic mass is 16.5. The lowest BCUT2D eigenvalue weighted by molar-refractivity contribution is -0.0449. The highest BCUT2D eigenvalue weighted by molar-refractivity contribution is 5.44. The van der Waals surface area contributed by atoms with E-state index in [-0.39, 0.29) is 5.60 Å². The maximum Gasteiger partial charge on any atom is 0.0945 e. The maximum atomic E-state index is 9.74. The van der Waals surface area contributed by atoms with Gasteiger partial charge in [0, 0.05) is 12.2 Å². The van der Waals surface area contributed by atoms with E-state index in [9.17, 15) is 5.11 Å². The average molecular weight is 237 g/mol. The summed E-state index contributed by atoms with van der Waals surface area (Å²) in [4.78, 5) is 0. The molecule has 17 heavy (non-hydrogen) atoms. The Hall–Kier alpha value is -1.06. The summed E-state index contributed by atoms with van der Waals surface area (Å²) in [5, 5.41) is 12.9. The molecule has 1 rings (SSSR count). The zero-order valence-electron chi connectivity index (χ0n) is 11.2. The average Bonchev–Trinajstić information content (AvgIpc) is 2.25. The summed E-state index contributed by atoms with van der Waals surface area (Å²) in [5.41, 5.74) is 2.04. The minimum absolute atomic E-state index is 0.204. The number of aryl methyl sites for hydroxylation is 1. The lowest BCUT2D eigenvalue weighted by Gasteiger charge is -2.22. The molecule has 2 N–H and O–H groups in total.